The van der Waals surface area contributed by atoms with Crippen molar-refractivity contribution in [2.45, 2.75) is 63.5 Å². The van der Waals surface area contributed by atoms with Gasteiger partial charge in [0, 0.05) is 29.5 Å². The number of methoxy groups -OCH3 is 2. The van der Waals surface area contributed by atoms with Crippen LogP contribution in [0.4, 0.5) is 11.4 Å². The minimum absolute atomic E-state index is 0.253. The number of aryl methyl sites for hydroxylation is 1. The van der Waals surface area contributed by atoms with Crippen LogP contribution >= 0.6 is 0 Å². The van der Waals surface area contributed by atoms with E-state index in [-0.39, 0.29) is 5.41 Å². The van der Waals surface area contributed by atoms with Crippen LogP contribution < -0.4 is 20.1 Å². The van der Waals surface area contributed by atoms with Crippen molar-refractivity contribution >= 4 is 11.4 Å². The van der Waals surface area contributed by atoms with Gasteiger partial charge in [-0.05, 0) is 109 Å². The average Bonchev–Trinajstić information content (AvgIpc) is 2.93. The van der Waals surface area contributed by atoms with Crippen molar-refractivity contribution in [2.24, 2.45) is 17.3 Å². The molecule has 0 unspecified atom stereocenters. The number of rotatable bonds is 6. The molecule has 4 nitrogen and oxygen atoms in total. The van der Waals surface area contributed by atoms with Crippen molar-refractivity contribution in [1.29, 1.82) is 0 Å². The molecule has 37 heavy (non-hydrogen) atoms. The molecule has 0 spiro atoms. The van der Waals surface area contributed by atoms with Crippen LogP contribution in [0.5, 0.6) is 11.5 Å². The Kier molecular flexibility index (Phi) is 6.52. The van der Waals surface area contributed by atoms with E-state index < -0.39 is 0 Å². The molecule has 3 aromatic rings. The topological polar surface area (TPSA) is 42.5 Å². The first-order valence-electron chi connectivity index (χ1n) is 14.0. The summed E-state index contributed by atoms with van der Waals surface area (Å²) in [5.41, 5.74) is 5.72. The Morgan fingerprint density at radius 2 is 1.57 bits per heavy atom. The fourth-order valence-electron chi connectivity index (χ4n) is 7.89. The third-order valence-electron chi connectivity index (χ3n) is 9.78. The average molecular weight is 497 g/mol. The largest absolute Gasteiger partial charge is 0.497 e. The third-order valence-corrected chi connectivity index (χ3v) is 9.78. The highest BCUT2D eigenvalue weighted by molar-refractivity contribution is 5.50. The van der Waals surface area contributed by atoms with Gasteiger partial charge in [0.05, 0.1) is 14.2 Å². The molecule has 2 saturated carbocycles. The number of para-hydroxylation sites is 1. The molecule has 4 heteroatoms. The SMILES string of the molecule is COc1cccc(N[C@H]2C[C@@H](Nc3ccccc3)C[C@H]3[C@@H]4CCc5cc(OC)ccc5[C@H]4CC[C@]23C)c1. The Balaban J connectivity index is 1.32. The summed E-state index contributed by atoms with van der Waals surface area (Å²) in [6.07, 6.45) is 7.30. The Morgan fingerprint density at radius 1 is 0.784 bits per heavy atom. The fourth-order valence-corrected chi connectivity index (χ4v) is 7.89. The molecule has 0 heterocycles. The highest BCUT2D eigenvalue weighted by atomic mass is 16.5. The first-order chi connectivity index (χ1) is 18.1. The number of benzene rings is 3. The molecule has 0 aromatic heterocycles. The summed E-state index contributed by atoms with van der Waals surface area (Å²) in [7, 11) is 3.52. The van der Waals surface area contributed by atoms with Crippen molar-refractivity contribution in [3.8, 4) is 11.5 Å². The highest BCUT2D eigenvalue weighted by Gasteiger charge is 2.54. The van der Waals surface area contributed by atoms with Crippen molar-refractivity contribution < 1.29 is 9.47 Å². The van der Waals surface area contributed by atoms with Gasteiger partial charge in [-0.3, -0.25) is 0 Å². The van der Waals surface area contributed by atoms with Gasteiger partial charge in [0.15, 0.2) is 0 Å². The van der Waals surface area contributed by atoms with Crippen LogP contribution in [0, 0.1) is 17.3 Å². The van der Waals surface area contributed by atoms with Crippen LogP contribution in [-0.4, -0.2) is 26.3 Å². The van der Waals surface area contributed by atoms with Gasteiger partial charge in [0.1, 0.15) is 11.5 Å². The molecular formula is C33H40N2O2. The summed E-state index contributed by atoms with van der Waals surface area (Å²) in [4.78, 5) is 0. The quantitative estimate of drug-likeness (QED) is 0.370. The summed E-state index contributed by atoms with van der Waals surface area (Å²) in [6, 6.07) is 26.9. The van der Waals surface area contributed by atoms with Crippen molar-refractivity contribution in [3.05, 3.63) is 83.9 Å². The second kappa shape index (κ2) is 9.96. The van der Waals surface area contributed by atoms with E-state index in [1.165, 1.54) is 36.9 Å². The first kappa shape index (κ1) is 24.2. The van der Waals surface area contributed by atoms with E-state index in [4.69, 9.17) is 9.47 Å². The zero-order valence-corrected chi connectivity index (χ0v) is 22.4. The summed E-state index contributed by atoms with van der Waals surface area (Å²) in [5, 5.41) is 7.92. The van der Waals surface area contributed by atoms with E-state index in [0.29, 0.717) is 23.9 Å². The second-order valence-corrected chi connectivity index (χ2v) is 11.6. The maximum Gasteiger partial charge on any atom is 0.120 e. The fraction of sp³-hybridized carbons (Fsp3) is 0.455. The summed E-state index contributed by atoms with van der Waals surface area (Å²) < 4.78 is 11.1. The van der Waals surface area contributed by atoms with Gasteiger partial charge in [0.25, 0.3) is 0 Å². The van der Waals surface area contributed by atoms with Crippen LogP contribution in [0.25, 0.3) is 0 Å². The Labute approximate surface area is 221 Å². The predicted molar refractivity (Wildman–Crippen MR) is 152 cm³/mol. The lowest BCUT2D eigenvalue weighted by molar-refractivity contribution is -0.0177. The van der Waals surface area contributed by atoms with Crippen molar-refractivity contribution in [3.63, 3.8) is 0 Å². The number of hydrogen-bond donors (Lipinski definition) is 2. The van der Waals surface area contributed by atoms with Crippen LogP contribution in [-0.2, 0) is 6.42 Å². The normalized spacial score (nSPS) is 30.3. The number of anilines is 2. The molecule has 6 atom stereocenters. The van der Waals surface area contributed by atoms with E-state index in [1.54, 1.807) is 19.8 Å². The molecule has 3 aliphatic rings. The van der Waals surface area contributed by atoms with Gasteiger partial charge in [-0.25, -0.2) is 0 Å². The van der Waals surface area contributed by atoms with Crippen LogP contribution in [0.1, 0.15) is 56.1 Å². The molecule has 0 aliphatic heterocycles. The Bertz CT molecular complexity index is 1230. The number of fused-ring (bicyclic) bond motifs is 5. The van der Waals surface area contributed by atoms with Gasteiger partial charge >= 0.3 is 0 Å². The second-order valence-electron chi connectivity index (χ2n) is 11.6. The number of nitrogens with one attached hydrogen (secondary N) is 2. The molecule has 3 aromatic carbocycles. The van der Waals surface area contributed by atoms with Gasteiger partial charge in [-0.1, -0.05) is 37.3 Å². The molecule has 2 fully saturated rings. The van der Waals surface area contributed by atoms with E-state index >= 15 is 0 Å². The Morgan fingerprint density at radius 3 is 2.38 bits per heavy atom. The molecule has 0 bridgehead atoms. The summed E-state index contributed by atoms with van der Waals surface area (Å²) in [5.74, 6) is 3.93. The summed E-state index contributed by atoms with van der Waals surface area (Å²) in [6.45, 7) is 2.58. The van der Waals surface area contributed by atoms with E-state index in [1.807, 2.05) is 6.07 Å². The molecule has 2 N–H and O–H groups in total. The van der Waals surface area contributed by atoms with E-state index in [9.17, 15) is 0 Å². The maximum absolute atomic E-state index is 5.55. The van der Waals surface area contributed by atoms with Crippen molar-refractivity contribution in [2.75, 3.05) is 24.9 Å². The van der Waals surface area contributed by atoms with Crippen LogP contribution in [0.15, 0.2) is 72.8 Å². The molecule has 0 amide bonds. The minimum atomic E-state index is 0.253. The lowest BCUT2D eigenvalue weighted by Crippen LogP contribution is -2.57. The van der Waals surface area contributed by atoms with Crippen molar-refractivity contribution in [1.82, 2.24) is 0 Å². The molecular weight excluding hydrogens is 456 g/mol. The smallest absolute Gasteiger partial charge is 0.120 e. The zero-order chi connectivity index (χ0) is 25.4. The maximum atomic E-state index is 5.55. The van der Waals surface area contributed by atoms with Crippen LogP contribution in [0.2, 0.25) is 0 Å². The molecule has 0 saturated heterocycles. The monoisotopic (exact) mass is 496 g/mol. The van der Waals surface area contributed by atoms with Crippen LogP contribution in [0.3, 0.4) is 0 Å². The van der Waals surface area contributed by atoms with Gasteiger partial charge in [-0.2, -0.15) is 0 Å². The lowest BCUT2D eigenvalue weighted by Gasteiger charge is -2.59. The molecule has 3 aliphatic carbocycles. The van der Waals surface area contributed by atoms with Gasteiger partial charge in [-0.15, -0.1) is 0 Å². The predicted octanol–water partition coefficient (Wildman–Crippen LogP) is 7.52. The van der Waals surface area contributed by atoms with E-state index in [2.05, 4.69) is 84.3 Å². The Hall–Kier alpha value is -3.14. The first-order valence-corrected chi connectivity index (χ1v) is 14.0. The number of hydrogen-bond acceptors (Lipinski definition) is 4. The summed E-state index contributed by atoms with van der Waals surface area (Å²) >= 11 is 0. The van der Waals surface area contributed by atoms with Gasteiger partial charge < -0.3 is 20.1 Å². The standard InChI is InChI=1S/C33H40N2O2/c1-33-17-16-29-28-15-13-27(37-3)18-22(28)12-14-30(29)31(33)20-25(34-23-8-5-4-6-9-23)21-32(33)35-24-10-7-11-26(19-24)36-2/h4-11,13,15,18-19,25,29-32,34-35H,12,14,16-17,20-21H2,1-3H3/t25-,29+,30+,31-,32-,33-/m0/s1. The number of ether oxygens (including phenoxy) is 2. The molecule has 6 rings (SSSR count). The molecule has 0 radical (unpaired) electrons. The highest BCUT2D eigenvalue weighted by Crippen LogP contribution is 2.60. The zero-order valence-electron chi connectivity index (χ0n) is 22.4. The third kappa shape index (κ3) is 4.56. The van der Waals surface area contributed by atoms with Gasteiger partial charge in [0.2, 0.25) is 0 Å². The lowest BCUT2D eigenvalue weighted by atomic mass is 9.48. The minimum Gasteiger partial charge on any atom is -0.497 e. The molecule has 194 valence electrons. The van der Waals surface area contributed by atoms with E-state index in [0.717, 1.165) is 35.9 Å².